The molecule has 17 heavy (non-hydrogen) atoms. The summed E-state index contributed by atoms with van der Waals surface area (Å²) < 4.78 is 27.8. The molecule has 0 unspecified atom stereocenters. The van der Waals surface area contributed by atoms with Gasteiger partial charge in [-0.05, 0) is 19.3 Å². The Morgan fingerprint density at radius 1 is 1.35 bits per heavy atom. The lowest BCUT2D eigenvalue weighted by Gasteiger charge is -2.29. The number of rotatable bonds is 6. The number of nitrogens with zero attached hydrogens (tertiary/aromatic N) is 1. The standard InChI is InChI=1S/C11H24N2O3S/c1-3-4-9-13(2)17(15,16)12-10-7-5-6-8-11(10)14/h10-12,14H,3-9H2,1-2H3/t10-,11-/m0/s1. The van der Waals surface area contributed by atoms with Crippen LogP contribution in [0.1, 0.15) is 45.4 Å². The fourth-order valence-electron chi connectivity index (χ4n) is 2.03. The smallest absolute Gasteiger partial charge is 0.279 e. The minimum atomic E-state index is -3.44. The van der Waals surface area contributed by atoms with Crippen molar-refractivity contribution in [1.29, 1.82) is 0 Å². The molecule has 0 spiro atoms. The Bertz CT molecular complexity index is 319. The van der Waals surface area contributed by atoms with E-state index in [-0.39, 0.29) is 6.04 Å². The molecule has 2 N–H and O–H groups in total. The maximum absolute atomic E-state index is 12.0. The van der Waals surface area contributed by atoms with Crippen molar-refractivity contribution in [2.75, 3.05) is 13.6 Å². The van der Waals surface area contributed by atoms with Gasteiger partial charge in [0.15, 0.2) is 0 Å². The van der Waals surface area contributed by atoms with Crippen LogP contribution in [-0.4, -0.2) is 43.6 Å². The van der Waals surface area contributed by atoms with Gasteiger partial charge >= 0.3 is 0 Å². The summed E-state index contributed by atoms with van der Waals surface area (Å²) in [5.41, 5.74) is 0. The van der Waals surface area contributed by atoms with Gasteiger partial charge in [0.2, 0.25) is 0 Å². The van der Waals surface area contributed by atoms with Gasteiger partial charge in [-0.3, -0.25) is 0 Å². The highest BCUT2D eigenvalue weighted by Gasteiger charge is 2.28. The third-order valence-corrected chi connectivity index (χ3v) is 4.87. The van der Waals surface area contributed by atoms with E-state index in [9.17, 15) is 13.5 Å². The van der Waals surface area contributed by atoms with Crippen LogP contribution in [0, 0.1) is 0 Å². The highest BCUT2D eigenvalue weighted by molar-refractivity contribution is 7.87. The molecule has 1 rings (SSSR count). The van der Waals surface area contributed by atoms with Crippen LogP contribution < -0.4 is 4.72 Å². The number of nitrogens with one attached hydrogen (secondary N) is 1. The second-order valence-corrected chi connectivity index (χ2v) is 6.57. The molecule has 6 heteroatoms. The van der Waals surface area contributed by atoms with Crippen LogP contribution >= 0.6 is 0 Å². The summed E-state index contributed by atoms with van der Waals surface area (Å²) in [6.45, 7) is 2.55. The first kappa shape index (κ1) is 14.9. The molecule has 0 aromatic heterocycles. The fourth-order valence-corrected chi connectivity index (χ4v) is 3.24. The van der Waals surface area contributed by atoms with E-state index in [1.165, 1.54) is 4.31 Å². The summed E-state index contributed by atoms with van der Waals surface area (Å²) in [4.78, 5) is 0. The number of hydrogen-bond donors (Lipinski definition) is 2. The van der Waals surface area contributed by atoms with Crippen LogP contribution in [0.5, 0.6) is 0 Å². The lowest BCUT2D eigenvalue weighted by molar-refractivity contribution is 0.100. The largest absolute Gasteiger partial charge is 0.391 e. The highest BCUT2D eigenvalue weighted by atomic mass is 32.2. The maximum Gasteiger partial charge on any atom is 0.279 e. The average Bonchev–Trinajstić information content (AvgIpc) is 2.28. The second-order valence-electron chi connectivity index (χ2n) is 4.76. The van der Waals surface area contributed by atoms with Crippen LogP contribution in [-0.2, 0) is 10.2 Å². The van der Waals surface area contributed by atoms with Crippen LogP contribution in [0.2, 0.25) is 0 Å². The molecule has 102 valence electrons. The van der Waals surface area contributed by atoms with Crippen molar-refractivity contribution >= 4 is 10.2 Å². The van der Waals surface area contributed by atoms with Crippen molar-refractivity contribution in [1.82, 2.24) is 9.03 Å². The monoisotopic (exact) mass is 264 g/mol. The minimum Gasteiger partial charge on any atom is -0.391 e. The first-order valence-electron chi connectivity index (χ1n) is 6.39. The number of aliphatic hydroxyl groups excluding tert-OH is 1. The van der Waals surface area contributed by atoms with Gasteiger partial charge in [0, 0.05) is 19.6 Å². The van der Waals surface area contributed by atoms with Gasteiger partial charge in [0.05, 0.1) is 6.10 Å². The van der Waals surface area contributed by atoms with Gasteiger partial charge < -0.3 is 5.11 Å². The van der Waals surface area contributed by atoms with Gasteiger partial charge in [-0.1, -0.05) is 26.2 Å². The van der Waals surface area contributed by atoms with Crippen LogP contribution in [0.4, 0.5) is 0 Å². The molecular weight excluding hydrogens is 240 g/mol. The quantitative estimate of drug-likeness (QED) is 0.747. The summed E-state index contributed by atoms with van der Waals surface area (Å²) in [5.74, 6) is 0. The summed E-state index contributed by atoms with van der Waals surface area (Å²) >= 11 is 0. The van der Waals surface area contributed by atoms with Crippen molar-refractivity contribution in [3.8, 4) is 0 Å². The number of aliphatic hydroxyl groups is 1. The molecule has 1 aliphatic carbocycles. The van der Waals surface area contributed by atoms with Crippen LogP contribution in [0.15, 0.2) is 0 Å². The molecular formula is C11H24N2O3S. The summed E-state index contributed by atoms with van der Waals surface area (Å²) in [6, 6.07) is -0.321. The Labute approximate surface area is 104 Å². The normalized spacial score (nSPS) is 26.4. The summed E-state index contributed by atoms with van der Waals surface area (Å²) in [7, 11) is -1.87. The third-order valence-electron chi connectivity index (χ3n) is 3.27. The molecule has 5 nitrogen and oxygen atoms in total. The average molecular weight is 264 g/mol. The zero-order valence-corrected chi connectivity index (χ0v) is 11.5. The van der Waals surface area contributed by atoms with E-state index in [1.54, 1.807) is 7.05 Å². The first-order chi connectivity index (χ1) is 7.97. The van der Waals surface area contributed by atoms with E-state index in [0.717, 1.165) is 32.1 Å². The zero-order valence-electron chi connectivity index (χ0n) is 10.7. The third kappa shape index (κ3) is 4.54. The molecule has 1 fully saturated rings. The van der Waals surface area contributed by atoms with Crippen LogP contribution in [0.3, 0.4) is 0 Å². The van der Waals surface area contributed by atoms with Gasteiger partial charge in [-0.15, -0.1) is 0 Å². The van der Waals surface area contributed by atoms with E-state index in [2.05, 4.69) is 4.72 Å². The van der Waals surface area contributed by atoms with Crippen molar-refractivity contribution in [3.05, 3.63) is 0 Å². The van der Waals surface area contributed by atoms with Crippen LogP contribution in [0.25, 0.3) is 0 Å². The topological polar surface area (TPSA) is 69.6 Å². The fraction of sp³-hybridized carbons (Fsp3) is 1.00. The molecule has 2 atom stereocenters. The number of hydrogen-bond acceptors (Lipinski definition) is 3. The lowest BCUT2D eigenvalue weighted by Crippen LogP contribution is -2.49. The Kier molecular flexibility index (Phi) is 5.85. The van der Waals surface area contributed by atoms with E-state index >= 15 is 0 Å². The molecule has 0 aromatic rings. The van der Waals surface area contributed by atoms with E-state index in [1.807, 2.05) is 6.92 Å². The van der Waals surface area contributed by atoms with E-state index in [0.29, 0.717) is 13.0 Å². The van der Waals surface area contributed by atoms with Gasteiger partial charge in [0.25, 0.3) is 10.2 Å². The molecule has 0 aromatic carbocycles. The molecule has 0 aliphatic heterocycles. The van der Waals surface area contributed by atoms with Crippen molar-refractivity contribution in [2.24, 2.45) is 0 Å². The molecule has 0 heterocycles. The molecule has 0 saturated heterocycles. The Balaban J connectivity index is 2.52. The Morgan fingerprint density at radius 2 is 2.00 bits per heavy atom. The predicted octanol–water partition coefficient (Wildman–Crippen LogP) is 0.856. The lowest BCUT2D eigenvalue weighted by atomic mass is 9.93. The van der Waals surface area contributed by atoms with Crippen molar-refractivity contribution in [2.45, 2.75) is 57.6 Å². The van der Waals surface area contributed by atoms with Gasteiger partial charge in [-0.2, -0.15) is 17.4 Å². The maximum atomic E-state index is 12.0. The minimum absolute atomic E-state index is 0.321. The molecule has 0 radical (unpaired) electrons. The van der Waals surface area contributed by atoms with Gasteiger partial charge in [-0.25, -0.2) is 0 Å². The van der Waals surface area contributed by atoms with Crippen molar-refractivity contribution in [3.63, 3.8) is 0 Å². The predicted molar refractivity (Wildman–Crippen MR) is 67.9 cm³/mol. The second kappa shape index (κ2) is 6.68. The highest BCUT2D eigenvalue weighted by Crippen LogP contribution is 2.19. The van der Waals surface area contributed by atoms with E-state index in [4.69, 9.17) is 0 Å². The van der Waals surface area contributed by atoms with E-state index < -0.39 is 16.3 Å². The molecule has 1 saturated carbocycles. The Morgan fingerprint density at radius 3 is 2.59 bits per heavy atom. The van der Waals surface area contributed by atoms with Gasteiger partial charge in [0.1, 0.15) is 0 Å². The Hall–Kier alpha value is -0.170. The molecule has 0 bridgehead atoms. The molecule has 1 aliphatic rings. The summed E-state index contributed by atoms with van der Waals surface area (Å²) in [6.07, 6.45) is 4.64. The first-order valence-corrected chi connectivity index (χ1v) is 7.83. The molecule has 0 amide bonds. The number of unbranched alkanes of at least 4 members (excludes halogenated alkanes) is 1. The zero-order chi connectivity index (χ0) is 12.9. The summed E-state index contributed by atoms with van der Waals surface area (Å²) in [5, 5.41) is 9.74. The SMILES string of the molecule is CCCCN(C)S(=O)(=O)N[C@H]1CCCC[C@@H]1O. The van der Waals surface area contributed by atoms with Crippen molar-refractivity contribution < 1.29 is 13.5 Å².